The monoisotopic (exact) mass is 202 g/mol. The van der Waals surface area contributed by atoms with Gasteiger partial charge in [-0.2, -0.15) is 0 Å². The van der Waals surface area contributed by atoms with Gasteiger partial charge in [0, 0.05) is 30.1 Å². The van der Waals surface area contributed by atoms with Crippen molar-refractivity contribution < 1.29 is 0 Å². The summed E-state index contributed by atoms with van der Waals surface area (Å²) in [6.07, 6.45) is 7.13. The lowest BCUT2D eigenvalue weighted by Crippen LogP contribution is -1.84. The molecular weight excluding hydrogens is 184 g/mol. The van der Waals surface area contributed by atoms with Crippen molar-refractivity contribution in [3.63, 3.8) is 0 Å². The maximum atomic E-state index is 4.03. The van der Waals surface area contributed by atoms with Crippen molar-refractivity contribution in [1.29, 1.82) is 0 Å². The number of hydrogen-bond acceptors (Lipinski definition) is 1. The summed E-state index contributed by atoms with van der Waals surface area (Å²) in [6.45, 7) is 4.48. The molecule has 15 heavy (non-hydrogen) atoms. The van der Waals surface area contributed by atoms with Gasteiger partial charge >= 0.3 is 0 Å². The summed E-state index contributed by atoms with van der Waals surface area (Å²) >= 11 is 0. The molecule has 1 N–H and O–H groups in total. The first kappa shape index (κ1) is 10.3. The van der Waals surface area contributed by atoms with E-state index >= 15 is 0 Å². The van der Waals surface area contributed by atoms with Crippen molar-refractivity contribution >= 4 is 0 Å². The third kappa shape index (κ3) is 2.86. The molecule has 0 bridgehead atoms. The molecule has 0 radical (unpaired) electrons. The van der Waals surface area contributed by atoms with Crippen LogP contribution in [0.15, 0.2) is 12.5 Å². The summed E-state index contributed by atoms with van der Waals surface area (Å²) in [4.78, 5) is 7.19. The van der Waals surface area contributed by atoms with Crippen molar-refractivity contribution in [1.82, 2.24) is 9.97 Å². The Hall–Kier alpha value is -1.23. The normalized spacial score (nSPS) is 23.7. The molecule has 0 saturated heterocycles. The van der Waals surface area contributed by atoms with Crippen molar-refractivity contribution in [2.24, 2.45) is 11.8 Å². The van der Waals surface area contributed by atoms with E-state index in [4.69, 9.17) is 0 Å². The van der Waals surface area contributed by atoms with Crippen LogP contribution < -0.4 is 0 Å². The Bertz CT molecular complexity index is 354. The third-order valence-corrected chi connectivity index (χ3v) is 2.84. The molecule has 1 fully saturated rings. The summed E-state index contributed by atoms with van der Waals surface area (Å²) in [6, 6.07) is 0. The predicted molar refractivity (Wildman–Crippen MR) is 61.3 cm³/mol. The zero-order valence-electron chi connectivity index (χ0n) is 9.46. The van der Waals surface area contributed by atoms with Crippen LogP contribution in [0.2, 0.25) is 0 Å². The quantitative estimate of drug-likeness (QED) is 0.750. The van der Waals surface area contributed by atoms with Crippen molar-refractivity contribution in [3.8, 4) is 11.8 Å². The van der Waals surface area contributed by atoms with Crippen molar-refractivity contribution in [2.75, 3.05) is 0 Å². The average Bonchev–Trinajstić information content (AvgIpc) is 2.76. The topological polar surface area (TPSA) is 28.7 Å². The molecule has 80 valence electrons. The molecule has 0 aromatic carbocycles. The molecule has 2 heteroatoms. The molecule has 2 atom stereocenters. The first-order valence-corrected chi connectivity index (χ1v) is 5.74. The first-order valence-electron chi connectivity index (χ1n) is 5.74. The number of nitrogens with zero attached hydrogens (tertiary/aromatic N) is 1. The molecule has 1 aromatic heterocycles. The van der Waals surface area contributed by atoms with Gasteiger partial charge in [0.2, 0.25) is 0 Å². The highest BCUT2D eigenvalue weighted by Gasteiger charge is 2.37. The SMILES string of the molecule is CC(C)CCC#C[C@H]1C[C@H]1c1cnc[nH]1. The molecule has 1 aliphatic carbocycles. The molecule has 0 aliphatic heterocycles. The highest BCUT2D eigenvalue weighted by molar-refractivity contribution is 5.24. The van der Waals surface area contributed by atoms with Gasteiger partial charge < -0.3 is 4.98 Å². The Morgan fingerprint density at radius 3 is 3.13 bits per heavy atom. The number of hydrogen-bond donors (Lipinski definition) is 1. The molecule has 0 spiro atoms. The predicted octanol–water partition coefficient (Wildman–Crippen LogP) is 2.95. The lowest BCUT2D eigenvalue weighted by atomic mass is 10.1. The number of imidazole rings is 1. The van der Waals surface area contributed by atoms with Gasteiger partial charge in [0.1, 0.15) is 0 Å². The number of H-pyrrole nitrogens is 1. The highest BCUT2D eigenvalue weighted by atomic mass is 14.9. The van der Waals surface area contributed by atoms with E-state index in [0.29, 0.717) is 11.8 Å². The Morgan fingerprint density at radius 2 is 2.47 bits per heavy atom. The molecule has 1 saturated carbocycles. The second kappa shape index (κ2) is 4.53. The molecule has 0 unspecified atom stereocenters. The minimum atomic E-state index is 0.581. The lowest BCUT2D eigenvalue weighted by molar-refractivity contribution is 0.599. The van der Waals surface area contributed by atoms with Crippen LogP contribution in [0.4, 0.5) is 0 Å². The van der Waals surface area contributed by atoms with E-state index < -0.39 is 0 Å². The summed E-state index contributed by atoms with van der Waals surface area (Å²) in [5.74, 6) is 8.61. The second-order valence-corrected chi connectivity index (χ2v) is 4.71. The van der Waals surface area contributed by atoms with Gasteiger partial charge in [-0.25, -0.2) is 4.98 Å². The summed E-state index contributed by atoms with van der Waals surface area (Å²) < 4.78 is 0. The van der Waals surface area contributed by atoms with Crippen LogP contribution in [0, 0.1) is 23.7 Å². The Balaban J connectivity index is 1.75. The standard InChI is InChI=1S/C13H18N2/c1-10(2)5-3-4-6-11-7-12(11)13-8-14-9-15-13/h8-12H,3,5,7H2,1-2H3,(H,14,15)/t11-,12+/m0/s1. The van der Waals surface area contributed by atoms with Crippen molar-refractivity contribution in [3.05, 3.63) is 18.2 Å². The van der Waals surface area contributed by atoms with Gasteiger partial charge in [-0.05, 0) is 18.8 Å². The van der Waals surface area contributed by atoms with E-state index in [0.717, 1.165) is 12.3 Å². The Labute approximate surface area is 91.5 Å². The van der Waals surface area contributed by atoms with E-state index in [9.17, 15) is 0 Å². The smallest absolute Gasteiger partial charge is 0.0921 e. The average molecular weight is 202 g/mol. The molecule has 1 heterocycles. The maximum absolute atomic E-state index is 4.03. The highest BCUT2D eigenvalue weighted by Crippen LogP contribution is 2.45. The van der Waals surface area contributed by atoms with Gasteiger partial charge in [0.25, 0.3) is 0 Å². The third-order valence-electron chi connectivity index (χ3n) is 2.84. The minimum Gasteiger partial charge on any atom is -0.348 e. The van der Waals surface area contributed by atoms with Crippen LogP contribution in [0.25, 0.3) is 0 Å². The van der Waals surface area contributed by atoms with E-state index in [2.05, 4.69) is 35.7 Å². The summed E-state index contributed by atoms with van der Waals surface area (Å²) in [5, 5.41) is 0. The number of aromatic amines is 1. The van der Waals surface area contributed by atoms with E-state index in [1.165, 1.54) is 18.5 Å². The number of nitrogens with one attached hydrogen (secondary N) is 1. The van der Waals surface area contributed by atoms with Crippen LogP contribution in [0.3, 0.4) is 0 Å². The van der Waals surface area contributed by atoms with E-state index in [1.54, 1.807) is 6.33 Å². The van der Waals surface area contributed by atoms with E-state index in [1.807, 2.05) is 6.20 Å². The molecule has 1 aliphatic rings. The van der Waals surface area contributed by atoms with Gasteiger partial charge in [-0.3, -0.25) is 0 Å². The zero-order chi connectivity index (χ0) is 10.7. The fourth-order valence-corrected chi connectivity index (χ4v) is 1.73. The number of rotatable bonds is 3. The van der Waals surface area contributed by atoms with Crippen LogP contribution in [0.1, 0.15) is 44.7 Å². The van der Waals surface area contributed by atoms with Gasteiger partial charge in [-0.15, -0.1) is 5.92 Å². The van der Waals surface area contributed by atoms with Crippen molar-refractivity contribution in [2.45, 2.75) is 39.0 Å². The summed E-state index contributed by atoms with van der Waals surface area (Å²) in [7, 11) is 0. The van der Waals surface area contributed by atoms with Crippen LogP contribution >= 0.6 is 0 Å². The van der Waals surface area contributed by atoms with Crippen LogP contribution in [-0.2, 0) is 0 Å². The van der Waals surface area contributed by atoms with E-state index in [-0.39, 0.29) is 0 Å². The minimum absolute atomic E-state index is 0.581. The maximum Gasteiger partial charge on any atom is 0.0921 e. The molecule has 0 amide bonds. The van der Waals surface area contributed by atoms with Crippen LogP contribution in [0.5, 0.6) is 0 Å². The van der Waals surface area contributed by atoms with Gasteiger partial charge in [-0.1, -0.05) is 19.8 Å². The van der Waals surface area contributed by atoms with Crippen LogP contribution in [-0.4, -0.2) is 9.97 Å². The Kier molecular flexibility index (Phi) is 3.11. The molecule has 1 aromatic rings. The van der Waals surface area contributed by atoms with Gasteiger partial charge in [0.05, 0.1) is 6.33 Å². The fraction of sp³-hybridized carbons (Fsp3) is 0.615. The molecule has 2 rings (SSSR count). The first-order chi connectivity index (χ1) is 7.27. The molecule has 2 nitrogen and oxygen atoms in total. The molecular formula is C13H18N2. The lowest BCUT2D eigenvalue weighted by Gasteiger charge is -1.96. The fourth-order valence-electron chi connectivity index (χ4n) is 1.73. The summed E-state index contributed by atoms with van der Waals surface area (Å²) in [5.41, 5.74) is 1.25. The van der Waals surface area contributed by atoms with Gasteiger partial charge in [0.15, 0.2) is 0 Å². The zero-order valence-corrected chi connectivity index (χ0v) is 9.46. The number of aromatic nitrogens is 2. The second-order valence-electron chi connectivity index (χ2n) is 4.71. The Morgan fingerprint density at radius 1 is 1.60 bits per heavy atom. The largest absolute Gasteiger partial charge is 0.348 e.